The molecule has 0 aromatic carbocycles. The van der Waals surface area contributed by atoms with Crippen LogP contribution in [0.25, 0.3) is 0 Å². The van der Waals surface area contributed by atoms with Crippen molar-refractivity contribution in [1.82, 2.24) is 4.98 Å². The summed E-state index contributed by atoms with van der Waals surface area (Å²) in [6, 6.07) is 5.18. The number of carboxylic acids is 1. The monoisotopic (exact) mass is 307 g/mol. The average Bonchev–Trinajstić information content (AvgIpc) is 2.90. The summed E-state index contributed by atoms with van der Waals surface area (Å²) in [5.74, 6) is -1.04. The number of hydrogen-bond acceptors (Lipinski definition) is 6. The third kappa shape index (κ3) is 3.76. The van der Waals surface area contributed by atoms with Gasteiger partial charge in [-0.1, -0.05) is 6.07 Å². The van der Waals surface area contributed by atoms with Crippen molar-refractivity contribution < 1.29 is 14.8 Å². The van der Waals surface area contributed by atoms with Gasteiger partial charge in [-0.2, -0.15) is 0 Å². The quantitative estimate of drug-likeness (QED) is 0.628. The number of carboxylic acid groups (broad SMARTS) is 1. The molecular weight excluding hydrogens is 294 g/mol. The molecule has 0 aliphatic rings. The first-order chi connectivity index (χ1) is 9.97. The summed E-state index contributed by atoms with van der Waals surface area (Å²) in [4.78, 5) is 26.2. The highest BCUT2D eigenvalue weighted by Gasteiger charge is 2.21. The first kappa shape index (κ1) is 14.9. The van der Waals surface area contributed by atoms with Crippen molar-refractivity contribution in [2.24, 2.45) is 0 Å². The lowest BCUT2D eigenvalue weighted by atomic mass is 10.2. The maximum absolute atomic E-state index is 11.1. The van der Waals surface area contributed by atoms with E-state index >= 15 is 0 Å². The van der Waals surface area contributed by atoms with Gasteiger partial charge in [0.05, 0.1) is 4.92 Å². The molecule has 0 bridgehead atoms. The number of anilines is 1. The van der Waals surface area contributed by atoms with Crippen LogP contribution >= 0.6 is 11.3 Å². The number of aromatic carboxylic acids is 1. The molecule has 0 aliphatic heterocycles. The molecule has 0 spiro atoms. The zero-order valence-electron chi connectivity index (χ0n) is 11.1. The Balaban J connectivity index is 2.15. The second kappa shape index (κ2) is 6.31. The Morgan fingerprint density at radius 3 is 2.95 bits per heavy atom. The summed E-state index contributed by atoms with van der Waals surface area (Å²) in [6.07, 6.45) is 1.72. The van der Waals surface area contributed by atoms with E-state index in [0.717, 1.165) is 12.6 Å². The molecule has 0 fully saturated rings. The molecule has 21 heavy (non-hydrogen) atoms. The zero-order valence-corrected chi connectivity index (χ0v) is 12.0. The first-order valence-corrected chi connectivity index (χ1v) is 7.02. The molecule has 7 nitrogen and oxygen atoms in total. The summed E-state index contributed by atoms with van der Waals surface area (Å²) in [7, 11) is 0. The Labute approximate surface area is 124 Å². The lowest BCUT2D eigenvalue weighted by Gasteiger charge is -2.13. The van der Waals surface area contributed by atoms with Gasteiger partial charge in [-0.25, -0.2) is 9.78 Å². The van der Waals surface area contributed by atoms with Gasteiger partial charge in [0.15, 0.2) is 0 Å². The van der Waals surface area contributed by atoms with E-state index in [2.05, 4.69) is 10.3 Å². The van der Waals surface area contributed by atoms with Crippen molar-refractivity contribution in [3.63, 3.8) is 0 Å². The van der Waals surface area contributed by atoms with Gasteiger partial charge in [-0.05, 0) is 18.4 Å². The predicted molar refractivity (Wildman–Crippen MR) is 79.0 cm³/mol. The normalized spacial score (nSPS) is 11.9. The third-order valence-electron chi connectivity index (χ3n) is 2.79. The number of thiophene rings is 1. The highest BCUT2D eigenvalue weighted by atomic mass is 32.1. The van der Waals surface area contributed by atoms with Gasteiger partial charge in [0, 0.05) is 23.4 Å². The maximum Gasteiger partial charge on any atom is 0.342 e. The number of hydrogen-bond donors (Lipinski definition) is 2. The Bertz CT molecular complexity index is 657. The Morgan fingerprint density at radius 2 is 2.38 bits per heavy atom. The molecule has 2 N–H and O–H groups in total. The van der Waals surface area contributed by atoms with E-state index in [-0.39, 0.29) is 11.6 Å². The van der Waals surface area contributed by atoms with Gasteiger partial charge in [0.1, 0.15) is 17.6 Å². The van der Waals surface area contributed by atoms with Crippen LogP contribution in [0.1, 0.15) is 22.2 Å². The molecule has 0 saturated carbocycles. The van der Waals surface area contributed by atoms with Crippen molar-refractivity contribution in [3.8, 4) is 0 Å². The van der Waals surface area contributed by atoms with Crippen LogP contribution in [0, 0.1) is 10.1 Å². The number of rotatable bonds is 6. The van der Waals surface area contributed by atoms with Crippen molar-refractivity contribution in [1.29, 1.82) is 0 Å². The summed E-state index contributed by atoms with van der Waals surface area (Å²) in [5, 5.41) is 24.8. The molecule has 0 radical (unpaired) electrons. The molecule has 0 aliphatic carbocycles. The molecule has 2 rings (SSSR count). The van der Waals surface area contributed by atoms with E-state index in [1.54, 1.807) is 11.3 Å². The Kier molecular flexibility index (Phi) is 4.49. The highest BCUT2D eigenvalue weighted by molar-refractivity contribution is 7.09. The van der Waals surface area contributed by atoms with Crippen molar-refractivity contribution in [2.75, 3.05) is 5.32 Å². The fraction of sp³-hybridized carbons (Fsp3) is 0.231. The van der Waals surface area contributed by atoms with Crippen molar-refractivity contribution in [2.45, 2.75) is 19.4 Å². The van der Waals surface area contributed by atoms with E-state index in [4.69, 9.17) is 5.11 Å². The topological polar surface area (TPSA) is 105 Å². The van der Waals surface area contributed by atoms with Gasteiger partial charge in [0.2, 0.25) is 0 Å². The van der Waals surface area contributed by atoms with Crippen LogP contribution in [-0.4, -0.2) is 27.0 Å². The van der Waals surface area contributed by atoms with Gasteiger partial charge in [-0.3, -0.25) is 10.1 Å². The number of pyridine rings is 1. The minimum absolute atomic E-state index is 0.0271. The number of nitrogens with zero attached hydrogens (tertiary/aromatic N) is 2. The number of carbonyl (C=O) groups is 1. The largest absolute Gasteiger partial charge is 0.477 e. The van der Waals surface area contributed by atoms with Crippen LogP contribution in [0.2, 0.25) is 0 Å². The smallest absolute Gasteiger partial charge is 0.342 e. The van der Waals surface area contributed by atoms with Crippen molar-refractivity contribution >= 4 is 28.8 Å². The first-order valence-electron chi connectivity index (χ1n) is 6.14. The van der Waals surface area contributed by atoms with E-state index in [9.17, 15) is 14.9 Å². The van der Waals surface area contributed by atoms with Crippen LogP contribution in [0.5, 0.6) is 0 Å². The maximum atomic E-state index is 11.1. The zero-order chi connectivity index (χ0) is 15.4. The van der Waals surface area contributed by atoms with Gasteiger partial charge in [0.25, 0.3) is 0 Å². The fourth-order valence-corrected chi connectivity index (χ4v) is 2.71. The van der Waals surface area contributed by atoms with E-state index in [1.165, 1.54) is 10.9 Å². The molecule has 0 saturated heterocycles. The average molecular weight is 307 g/mol. The van der Waals surface area contributed by atoms with Crippen LogP contribution in [0.4, 0.5) is 11.5 Å². The molecule has 2 aromatic rings. The molecule has 1 unspecified atom stereocenters. The van der Waals surface area contributed by atoms with E-state index < -0.39 is 16.6 Å². The van der Waals surface area contributed by atoms with Gasteiger partial charge in [-0.15, -0.1) is 11.3 Å². The summed E-state index contributed by atoms with van der Waals surface area (Å²) >= 11 is 1.63. The van der Waals surface area contributed by atoms with Crippen LogP contribution < -0.4 is 5.32 Å². The molecule has 2 heterocycles. The lowest BCUT2D eigenvalue weighted by molar-refractivity contribution is -0.385. The second-order valence-electron chi connectivity index (χ2n) is 4.48. The van der Waals surface area contributed by atoms with Crippen molar-refractivity contribution in [3.05, 3.63) is 50.3 Å². The molecular formula is C13H13N3O4S. The minimum atomic E-state index is -1.35. The van der Waals surface area contributed by atoms with Crippen LogP contribution in [0.15, 0.2) is 29.8 Å². The summed E-state index contributed by atoms with van der Waals surface area (Å²) in [6.45, 7) is 1.93. The highest BCUT2D eigenvalue weighted by Crippen LogP contribution is 2.21. The third-order valence-corrected chi connectivity index (χ3v) is 3.69. The number of nitro groups is 1. The SMILES string of the molecule is CC(Cc1cccs1)Nc1cc(C(=O)O)c([N+](=O)[O-])cn1. The van der Waals surface area contributed by atoms with Gasteiger partial charge < -0.3 is 10.4 Å². The minimum Gasteiger partial charge on any atom is -0.477 e. The second-order valence-corrected chi connectivity index (χ2v) is 5.51. The fourth-order valence-electron chi connectivity index (χ4n) is 1.88. The Hall–Kier alpha value is -2.48. The van der Waals surface area contributed by atoms with E-state index in [1.807, 2.05) is 24.4 Å². The molecule has 0 amide bonds. The predicted octanol–water partition coefficient (Wildman–Crippen LogP) is 2.79. The summed E-state index contributed by atoms with van der Waals surface area (Å²) < 4.78 is 0. The van der Waals surface area contributed by atoms with Crippen LogP contribution in [-0.2, 0) is 6.42 Å². The molecule has 1 atom stereocenters. The van der Waals surface area contributed by atoms with Gasteiger partial charge >= 0.3 is 11.7 Å². The summed E-state index contributed by atoms with van der Waals surface area (Å²) in [5.41, 5.74) is -0.889. The lowest BCUT2D eigenvalue weighted by Crippen LogP contribution is -2.19. The van der Waals surface area contributed by atoms with E-state index in [0.29, 0.717) is 5.82 Å². The number of nitrogens with one attached hydrogen (secondary N) is 1. The standard InChI is InChI=1S/C13H13N3O4S/c1-8(5-9-3-2-4-21-9)15-12-6-10(13(17)18)11(7-14-12)16(19)20/h2-4,6-8H,5H2,1H3,(H,14,15)(H,17,18). The molecule has 110 valence electrons. The Morgan fingerprint density at radius 1 is 1.62 bits per heavy atom. The number of aromatic nitrogens is 1. The molecule has 8 heteroatoms. The van der Waals surface area contributed by atoms with Crippen LogP contribution in [0.3, 0.4) is 0 Å². The molecule has 2 aromatic heterocycles.